The molecular formula is C23H26N2O4. The van der Waals surface area contributed by atoms with Gasteiger partial charge < -0.3 is 19.3 Å². The van der Waals surface area contributed by atoms with Crippen LogP contribution in [0.5, 0.6) is 11.5 Å². The topological polar surface area (TPSA) is 73.6 Å². The highest BCUT2D eigenvalue weighted by atomic mass is 16.5. The van der Waals surface area contributed by atoms with E-state index in [2.05, 4.69) is 10.5 Å². The number of para-hydroxylation sites is 1. The Morgan fingerprint density at radius 1 is 1.10 bits per heavy atom. The standard InChI is InChI=1S/C23H26N2O4/c1-14-7-6-8-15(2)22(14)28-13-20-17(4)29-25-21(20)23(26)24-16(3)18-9-11-19(27-5)12-10-18/h6-12,16H,13H2,1-5H3,(H,24,26). The van der Waals surface area contributed by atoms with Crippen molar-refractivity contribution in [1.29, 1.82) is 0 Å². The van der Waals surface area contributed by atoms with Gasteiger partial charge in [0.2, 0.25) is 0 Å². The number of carbonyl (C=O) groups is 1. The number of nitrogens with one attached hydrogen (secondary N) is 1. The molecule has 1 aromatic heterocycles. The first kappa shape index (κ1) is 20.5. The lowest BCUT2D eigenvalue weighted by atomic mass is 10.1. The molecule has 0 spiro atoms. The number of rotatable bonds is 7. The normalized spacial score (nSPS) is 11.8. The summed E-state index contributed by atoms with van der Waals surface area (Å²) in [5, 5.41) is 6.93. The summed E-state index contributed by atoms with van der Waals surface area (Å²) in [6.45, 7) is 7.89. The number of methoxy groups -OCH3 is 1. The highest BCUT2D eigenvalue weighted by molar-refractivity contribution is 5.94. The Morgan fingerprint density at radius 2 is 1.76 bits per heavy atom. The zero-order valence-electron chi connectivity index (χ0n) is 17.4. The Bertz CT molecular complexity index is 972. The van der Waals surface area contributed by atoms with Crippen LogP contribution < -0.4 is 14.8 Å². The molecule has 0 radical (unpaired) electrons. The summed E-state index contributed by atoms with van der Waals surface area (Å²) in [5.74, 6) is 1.85. The monoisotopic (exact) mass is 394 g/mol. The molecule has 152 valence electrons. The predicted molar refractivity (Wildman–Crippen MR) is 110 cm³/mol. The van der Waals surface area contributed by atoms with Crippen LogP contribution in [0.3, 0.4) is 0 Å². The molecule has 0 aliphatic heterocycles. The van der Waals surface area contributed by atoms with Crippen LogP contribution in [-0.4, -0.2) is 18.2 Å². The highest BCUT2D eigenvalue weighted by Gasteiger charge is 2.22. The lowest BCUT2D eigenvalue weighted by Crippen LogP contribution is -2.28. The molecule has 0 aliphatic rings. The van der Waals surface area contributed by atoms with Crippen LogP contribution in [-0.2, 0) is 6.61 Å². The summed E-state index contributed by atoms with van der Waals surface area (Å²) < 4.78 is 16.5. The number of hydrogen-bond donors (Lipinski definition) is 1. The average Bonchev–Trinajstić information content (AvgIpc) is 3.08. The Hall–Kier alpha value is -3.28. The smallest absolute Gasteiger partial charge is 0.274 e. The third-order valence-corrected chi connectivity index (χ3v) is 4.93. The maximum atomic E-state index is 12.8. The average molecular weight is 394 g/mol. The molecule has 0 fully saturated rings. The first-order valence-corrected chi connectivity index (χ1v) is 9.49. The summed E-state index contributed by atoms with van der Waals surface area (Å²) in [6, 6.07) is 13.3. The first-order chi connectivity index (χ1) is 13.9. The highest BCUT2D eigenvalue weighted by Crippen LogP contribution is 2.25. The summed E-state index contributed by atoms with van der Waals surface area (Å²) in [4.78, 5) is 12.8. The number of ether oxygens (including phenoxy) is 2. The molecule has 0 saturated carbocycles. The van der Waals surface area contributed by atoms with Crippen LogP contribution in [0, 0.1) is 20.8 Å². The Balaban J connectivity index is 1.73. The summed E-state index contributed by atoms with van der Waals surface area (Å²) >= 11 is 0. The lowest BCUT2D eigenvalue weighted by molar-refractivity contribution is 0.0928. The van der Waals surface area contributed by atoms with Crippen LogP contribution in [0.15, 0.2) is 47.0 Å². The van der Waals surface area contributed by atoms with Gasteiger partial charge >= 0.3 is 0 Å². The Morgan fingerprint density at radius 3 is 2.38 bits per heavy atom. The van der Waals surface area contributed by atoms with Crippen molar-refractivity contribution in [2.45, 2.75) is 40.3 Å². The maximum absolute atomic E-state index is 12.8. The summed E-state index contributed by atoms with van der Waals surface area (Å²) in [6.07, 6.45) is 0. The fourth-order valence-electron chi connectivity index (χ4n) is 3.15. The number of benzene rings is 2. The molecule has 3 rings (SSSR count). The Labute approximate surface area is 170 Å². The van der Waals surface area contributed by atoms with Crippen LogP contribution >= 0.6 is 0 Å². The molecule has 1 atom stereocenters. The molecule has 0 saturated heterocycles. The maximum Gasteiger partial charge on any atom is 0.274 e. The molecule has 1 heterocycles. The van der Waals surface area contributed by atoms with Gasteiger partial charge in [-0.25, -0.2) is 0 Å². The minimum atomic E-state index is -0.301. The Kier molecular flexibility index (Phi) is 6.22. The third-order valence-electron chi connectivity index (χ3n) is 4.93. The quantitative estimate of drug-likeness (QED) is 0.630. The van der Waals surface area contributed by atoms with Gasteiger partial charge in [-0.15, -0.1) is 0 Å². The number of aryl methyl sites for hydroxylation is 3. The fraction of sp³-hybridized carbons (Fsp3) is 0.304. The van der Waals surface area contributed by atoms with Gasteiger partial charge in [-0.1, -0.05) is 35.5 Å². The van der Waals surface area contributed by atoms with Crippen molar-refractivity contribution in [1.82, 2.24) is 10.5 Å². The van der Waals surface area contributed by atoms with E-state index in [1.165, 1.54) is 0 Å². The van der Waals surface area contributed by atoms with Gasteiger partial charge in [0.1, 0.15) is 23.9 Å². The molecule has 6 heteroatoms. The fourth-order valence-corrected chi connectivity index (χ4v) is 3.15. The van der Waals surface area contributed by atoms with Crippen LogP contribution in [0.25, 0.3) is 0 Å². The molecule has 6 nitrogen and oxygen atoms in total. The second-order valence-corrected chi connectivity index (χ2v) is 7.04. The van der Waals surface area contributed by atoms with E-state index < -0.39 is 0 Å². The molecule has 2 aromatic carbocycles. The van der Waals surface area contributed by atoms with Crippen molar-refractivity contribution in [3.8, 4) is 11.5 Å². The van der Waals surface area contributed by atoms with Gasteiger partial charge in [0.25, 0.3) is 5.91 Å². The van der Waals surface area contributed by atoms with Crippen molar-refractivity contribution in [3.63, 3.8) is 0 Å². The van der Waals surface area contributed by atoms with E-state index in [9.17, 15) is 4.79 Å². The van der Waals surface area contributed by atoms with Crippen molar-refractivity contribution in [3.05, 3.63) is 76.2 Å². The van der Waals surface area contributed by atoms with E-state index in [4.69, 9.17) is 14.0 Å². The van der Waals surface area contributed by atoms with Gasteiger partial charge in [-0.3, -0.25) is 4.79 Å². The van der Waals surface area contributed by atoms with Crippen LogP contribution in [0.2, 0.25) is 0 Å². The van der Waals surface area contributed by atoms with Gasteiger partial charge in [-0.2, -0.15) is 0 Å². The SMILES string of the molecule is COc1ccc(C(C)NC(=O)c2noc(C)c2COc2c(C)cccc2C)cc1. The van der Waals surface area contributed by atoms with Gasteiger partial charge in [0.15, 0.2) is 5.69 Å². The zero-order chi connectivity index (χ0) is 21.0. The molecule has 1 unspecified atom stereocenters. The molecular weight excluding hydrogens is 368 g/mol. The van der Waals surface area contributed by atoms with E-state index in [1.807, 2.05) is 63.2 Å². The number of carbonyl (C=O) groups excluding carboxylic acids is 1. The second kappa shape index (κ2) is 8.82. The van der Waals surface area contributed by atoms with Crippen molar-refractivity contribution >= 4 is 5.91 Å². The molecule has 0 bridgehead atoms. The van der Waals surface area contributed by atoms with Gasteiger partial charge in [0, 0.05) is 0 Å². The van der Waals surface area contributed by atoms with Gasteiger partial charge in [0.05, 0.1) is 18.7 Å². The van der Waals surface area contributed by atoms with Gasteiger partial charge in [-0.05, 0) is 56.5 Å². The number of hydrogen-bond acceptors (Lipinski definition) is 5. The van der Waals surface area contributed by atoms with Crippen LogP contribution in [0.1, 0.15) is 51.5 Å². The molecule has 0 aliphatic carbocycles. The molecule has 29 heavy (non-hydrogen) atoms. The largest absolute Gasteiger partial charge is 0.497 e. The van der Waals surface area contributed by atoms with E-state index in [0.29, 0.717) is 11.3 Å². The van der Waals surface area contributed by atoms with Crippen molar-refractivity contribution in [2.24, 2.45) is 0 Å². The predicted octanol–water partition coefficient (Wildman–Crippen LogP) is 4.68. The van der Waals surface area contributed by atoms with E-state index >= 15 is 0 Å². The number of aromatic nitrogens is 1. The minimum absolute atomic E-state index is 0.196. The van der Waals surface area contributed by atoms with E-state index in [0.717, 1.165) is 28.2 Å². The number of nitrogens with zero attached hydrogens (tertiary/aromatic N) is 1. The first-order valence-electron chi connectivity index (χ1n) is 9.49. The van der Waals surface area contributed by atoms with E-state index in [1.54, 1.807) is 14.0 Å². The zero-order valence-corrected chi connectivity index (χ0v) is 17.4. The summed E-state index contributed by atoms with van der Waals surface area (Å²) in [7, 11) is 1.62. The lowest BCUT2D eigenvalue weighted by Gasteiger charge is -2.15. The molecule has 3 aromatic rings. The van der Waals surface area contributed by atoms with Crippen LogP contribution in [0.4, 0.5) is 0 Å². The van der Waals surface area contributed by atoms with E-state index in [-0.39, 0.29) is 24.2 Å². The molecule has 1 amide bonds. The summed E-state index contributed by atoms with van der Waals surface area (Å²) in [5.41, 5.74) is 3.94. The van der Waals surface area contributed by atoms with Crippen molar-refractivity contribution in [2.75, 3.05) is 7.11 Å². The van der Waals surface area contributed by atoms with Crippen molar-refractivity contribution < 1.29 is 18.8 Å². The second-order valence-electron chi connectivity index (χ2n) is 7.04. The number of amides is 1. The minimum Gasteiger partial charge on any atom is -0.497 e. The molecule has 1 N–H and O–H groups in total. The third kappa shape index (κ3) is 4.59.